The van der Waals surface area contributed by atoms with Crippen molar-refractivity contribution in [3.8, 4) is 5.75 Å². The van der Waals surface area contributed by atoms with E-state index < -0.39 is 0 Å². The first kappa shape index (κ1) is 10.7. The third kappa shape index (κ3) is 3.18. The number of rotatable bonds is 5. The van der Waals surface area contributed by atoms with Gasteiger partial charge in [0.15, 0.2) is 5.75 Å². The lowest BCUT2D eigenvalue weighted by atomic mass is 10.2. The second-order valence-electron chi connectivity index (χ2n) is 3.12. The molecule has 0 bridgehead atoms. The van der Waals surface area contributed by atoms with Crippen LogP contribution in [-0.4, -0.2) is 35.3 Å². The molecule has 0 aromatic carbocycles. The third-order valence-corrected chi connectivity index (χ3v) is 1.78. The number of aliphatic hydroxyl groups excluding tert-OH is 1. The van der Waals surface area contributed by atoms with Crippen molar-refractivity contribution in [2.24, 2.45) is 5.92 Å². The van der Waals surface area contributed by atoms with Crippen LogP contribution in [0.5, 0.6) is 5.75 Å². The SMILES string of the molecule is COc1cnc(NCC(C)CO)nc1. The highest BCUT2D eigenvalue weighted by molar-refractivity contribution is 5.26. The van der Waals surface area contributed by atoms with Crippen LogP contribution < -0.4 is 10.1 Å². The fourth-order valence-corrected chi connectivity index (χ4v) is 0.843. The van der Waals surface area contributed by atoms with E-state index in [0.29, 0.717) is 18.2 Å². The summed E-state index contributed by atoms with van der Waals surface area (Å²) in [6.45, 7) is 2.75. The Morgan fingerprint density at radius 1 is 1.50 bits per heavy atom. The van der Waals surface area contributed by atoms with E-state index in [2.05, 4.69) is 15.3 Å². The van der Waals surface area contributed by atoms with Crippen LogP contribution >= 0.6 is 0 Å². The van der Waals surface area contributed by atoms with Gasteiger partial charge in [-0.3, -0.25) is 0 Å². The number of aromatic nitrogens is 2. The van der Waals surface area contributed by atoms with Gasteiger partial charge in [-0.1, -0.05) is 6.92 Å². The number of aliphatic hydroxyl groups is 1. The third-order valence-electron chi connectivity index (χ3n) is 1.78. The normalized spacial score (nSPS) is 12.2. The Kier molecular flexibility index (Phi) is 4.12. The first-order valence-corrected chi connectivity index (χ1v) is 4.47. The van der Waals surface area contributed by atoms with Crippen LogP contribution in [0.25, 0.3) is 0 Å². The summed E-state index contributed by atoms with van der Waals surface area (Å²) in [5.41, 5.74) is 0. The van der Waals surface area contributed by atoms with Crippen molar-refractivity contribution in [1.29, 1.82) is 0 Å². The van der Waals surface area contributed by atoms with Crippen LogP contribution in [0.4, 0.5) is 5.95 Å². The molecule has 1 aromatic heterocycles. The molecule has 0 spiro atoms. The monoisotopic (exact) mass is 197 g/mol. The van der Waals surface area contributed by atoms with Gasteiger partial charge in [0.05, 0.1) is 19.5 Å². The van der Waals surface area contributed by atoms with Crippen LogP contribution in [0.2, 0.25) is 0 Å². The summed E-state index contributed by atoms with van der Waals surface area (Å²) >= 11 is 0. The topological polar surface area (TPSA) is 67.3 Å². The molecule has 0 aliphatic rings. The summed E-state index contributed by atoms with van der Waals surface area (Å²) in [7, 11) is 1.57. The zero-order chi connectivity index (χ0) is 10.4. The van der Waals surface area contributed by atoms with E-state index in [1.807, 2.05) is 6.92 Å². The minimum absolute atomic E-state index is 0.156. The van der Waals surface area contributed by atoms with Crippen molar-refractivity contribution in [2.75, 3.05) is 25.6 Å². The number of hydrogen-bond donors (Lipinski definition) is 2. The number of methoxy groups -OCH3 is 1. The van der Waals surface area contributed by atoms with Gasteiger partial charge in [0.2, 0.25) is 5.95 Å². The summed E-state index contributed by atoms with van der Waals surface area (Å²) in [6, 6.07) is 0. The minimum atomic E-state index is 0.156. The van der Waals surface area contributed by atoms with Crippen molar-refractivity contribution >= 4 is 5.95 Å². The van der Waals surface area contributed by atoms with E-state index in [0.717, 1.165) is 0 Å². The summed E-state index contributed by atoms with van der Waals surface area (Å²) in [5, 5.41) is 11.8. The van der Waals surface area contributed by atoms with Crippen molar-refractivity contribution < 1.29 is 9.84 Å². The highest BCUT2D eigenvalue weighted by Gasteiger charge is 2.01. The Hall–Kier alpha value is -1.36. The maximum absolute atomic E-state index is 8.79. The molecule has 2 N–H and O–H groups in total. The second-order valence-corrected chi connectivity index (χ2v) is 3.12. The molecule has 1 atom stereocenters. The van der Waals surface area contributed by atoms with Crippen LogP contribution in [0.3, 0.4) is 0 Å². The molecular formula is C9H15N3O2. The van der Waals surface area contributed by atoms with Crippen LogP contribution in [0.15, 0.2) is 12.4 Å². The van der Waals surface area contributed by atoms with E-state index in [1.54, 1.807) is 19.5 Å². The minimum Gasteiger partial charge on any atom is -0.494 e. The molecule has 0 saturated carbocycles. The van der Waals surface area contributed by atoms with Crippen molar-refractivity contribution in [2.45, 2.75) is 6.92 Å². The fourth-order valence-electron chi connectivity index (χ4n) is 0.843. The average molecular weight is 197 g/mol. The molecule has 5 nitrogen and oxygen atoms in total. The molecule has 0 aliphatic heterocycles. The average Bonchev–Trinajstić information content (AvgIpc) is 2.26. The summed E-state index contributed by atoms with van der Waals surface area (Å²) in [4.78, 5) is 8.05. The molecule has 1 heterocycles. The maximum Gasteiger partial charge on any atom is 0.222 e. The number of nitrogens with one attached hydrogen (secondary N) is 1. The molecule has 78 valence electrons. The quantitative estimate of drug-likeness (QED) is 0.720. The molecule has 1 rings (SSSR count). The lowest BCUT2D eigenvalue weighted by Crippen LogP contribution is -2.15. The number of ether oxygens (including phenoxy) is 1. The van der Waals surface area contributed by atoms with E-state index in [-0.39, 0.29) is 12.5 Å². The number of hydrogen-bond acceptors (Lipinski definition) is 5. The predicted octanol–water partition coefficient (Wildman–Crippen LogP) is 0.525. The largest absolute Gasteiger partial charge is 0.494 e. The summed E-state index contributed by atoms with van der Waals surface area (Å²) < 4.78 is 4.92. The van der Waals surface area contributed by atoms with Crippen molar-refractivity contribution in [3.63, 3.8) is 0 Å². The number of anilines is 1. The molecular weight excluding hydrogens is 182 g/mol. The van der Waals surface area contributed by atoms with E-state index in [9.17, 15) is 0 Å². The van der Waals surface area contributed by atoms with Crippen LogP contribution in [0, 0.1) is 5.92 Å². The zero-order valence-corrected chi connectivity index (χ0v) is 8.40. The van der Waals surface area contributed by atoms with Gasteiger partial charge in [-0.2, -0.15) is 0 Å². The van der Waals surface area contributed by atoms with Gasteiger partial charge in [-0.15, -0.1) is 0 Å². The molecule has 0 fully saturated rings. The van der Waals surface area contributed by atoms with Gasteiger partial charge < -0.3 is 15.2 Å². The highest BCUT2D eigenvalue weighted by atomic mass is 16.5. The Bertz CT molecular complexity index is 263. The highest BCUT2D eigenvalue weighted by Crippen LogP contribution is 2.07. The Morgan fingerprint density at radius 2 is 2.14 bits per heavy atom. The molecule has 1 unspecified atom stereocenters. The lowest BCUT2D eigenvalue weighted by Gasteiger charge is -2.09. The van der Waals surface area contributed by atoms with E-state index in [4.69, 9.17) is 9.84 Å². The van der Waals surface area contributed by atoms with Gasteiger partial charge in [0, 0.05) is 13.2 Å². The first-order valence-electron chi connectivity index (χ1n) is 4.47. The van der Waals surface area contributed by atoms with Gasteiger partial charge in [0.1, 0.15) is 0 Å². The predicted molar refractivity (Wildman–Crippen MR) is 53.3 cm³/mol. The number of nitrogens with zero attached hydrogens (tertiary/aromatic N) is 2. The first-order chi connectivity index (χ1) is 6.76. The molecule has 1 aromatic rings. The molecule has 0 amide bonds. The van der Waals surface area contributed by atoms with E-state index in [1.165, 1.54) is 0 Å². The smallest absolute Gasteiger partial charge is 0.222 e. The van der Waals surface area contributed by atoms with Gasteiger partial charge in [-0.05, 0) is 5.92 Å². The maximum atomic E-state index is 8.79. The standard InChI is InChI=1S/C9H15N3O2/c1-7(6-13)3-10-9-11-4-8(14-2)5-12-9/h4-5,7,13H,3,6H2,1-2H3,(H,10,11,12). The van der Waals surface area contributed by atoms with Gasteiger partial charge in [0.25, 0.3) is 0 Å². The van der Waals surface area contributed by atoms with Crippen molar-refractivity contribution in [3.05, 3.63) is 12.4 Å². The fraction of sp³-hybridized carbons (Fsp3) is 0.556. The van der Waals surface area contributed by atoms with Crippen LogP contribution in [-0.2, 0) is 0 Å². The second kappa shape index (κ2) is 5.39. The Balaban J connectivity index is 2.43. The Morgan fingerprint density at radius 3 is 2.64 bits per heavy atom. The summed E-state index contributed by atoms with van der Waals surface area (Å²) in [5.74, 6) is 1.37. The molecule has 0 aliphatic carbocycles. The molecule has 14 heavy (non-hydrogen) atoms. The molecule has 0 radical (unpaired) electrons. The zero-order valence-electron chi connectivity index (χ0n) is 8.40. The Labute approximate surface area is 83.2 Å². The van der Waals surface area contributed by atoms with Gasteiger partial charge >= 0.3 is 0 Å². The molecule has 0 saturated heterocycles. The lowest BCUT2D eigenvalue weighted by molar-refractivity contribution is 0.244. The van der Waals surface area contributed by atoms with Crippen molar-refractivity contribution in [1.82, 2.24) is 9.97 Å². The van der Waals surface area contributed by atoms with Crippen LogP contribution in [0.1, 0.15) is 6.92 Å². The molecule has 5 heteroatoms. The van der Waals surface area contributed by atoms with Gasteiger partial charge in [-0.25, -0.2) is 9.97 Å². The summed E-state index contributed by atoms with van der Waals surface area (Å²) in [6.07, 6.45) is 3.19. The van der Waals surface area contributed by atoms with E-state index >= 15 is 0 Å².